The zero-order chi connectivity index (χ0) is 15.3. The van der Waals surface area contributed by atoms with Gasteiger partial charge in [-0.2, -0.15) is 0 Å². The average molecular weight is 287 g/mol. The number of H-pyrrole nitrogens is 1. The first-order valence-electron chi connectivity index (χ1n) is 6.94. The van der Waals surface area contributed by atoms with E-state index in [1.165, 1.54) is 6.07 Å². The van der Waals surface area contributed by atoms with Crippen molar-refractivity contribution in [2.24, 2.45) is 0 Å². The maximum absolute atomic E-state index is 11.7. The van der Waals surface area contributed by atoms with Gasteiger partial charge in [-0.3, -0.25) is 4.79 Å². The van der Waals surface area contributed by atoms with Gasteiger partial charge >= 0.3 is 0 Å². The van der Waals surface area contributed by atoms with Crippen LogP contribution in [-0.4, -0.2) is 15.5 Å². The Balaban J connectivity index is 2.03. The van der Waals surface area contributed by atoms with Crippen LogP contribution in [0.4, 0.5) is 0 Å². The molecule has 0 radical (unpaired) electrons. The molecule has 0 atom stereocenters. The van der Waals surface area contributed by atoms with Crippen LogP contribution in [0.25, 0.3) is 0 Å². The van der Waals surface area contributed by atoms with Crippen LogP contribution in [0.15, 0.2) is 41.2 Å². The van der Waals surface area contributed by atoms with Gasteiger partial charge in [0.05, 0.1) is 5.69 Å². The van der Waals surface area contributed by atoms with Crippen molar-refractivity contribution in [1.29, 1.82) is 0 Å². The second-order valence-electron chi connectivity index (χ2n) is 5.89. The Hall–Kier alpha value is -2.14. The molecular weight excluding hydrogens is 266 g/mol. The molecule has 0 unspecified atom stereocenters. The van der Waals surface area contributed by atoms with E-state index in [1.54, 1.807) is 0 Å². The molecule has 5 heteroatoms. The third-order valence-electron chi connectivity index (χ3n) is 2.76. The highest BCUT2D eigenvalue weighted by molar-refractivity contribution is 5.21. The number of aromatic nitrogens is 2. The van der Waals surface area contributed by atoms with Crippen LogP contribution in [0.1, 0.15) is 32.3 Å². The Morgan fingerprint density at radius 1 is 1.24 bits per heavy atom. The molecule has 0 aliphatic rings. The largest absolute Gasteiger partial charge is 0.486 e. The summed E-state index contributed by atoms with van der Waals surface area (Å²) >= 11 is 0. The fourth-order valence-electron chi connectivity index (χ4n) is 1.75. The first kappa shape index (κ1) is 15.3. The summed E-state index contributed by atoms with van der Waals surface area (Å²) in [5.74, 6) is 1.27. The van der Waals surface area contributed by atoms with E-state index < -0.39 is 0 Å². The van der Waals surface area contributed by atoms with Gasteiger partial charge in [-0.25, -0.2) is 4.98 Å². The lowest BCUT2D eigenvalue weighted by Gasteiger charge is -2.20. The molecule has 21 heavy (non-hydrogen) atoms. The highest BCUT2D eigenvalue weighted by Crippen LogP contribution is 2.09. The summed E-state index contributed by atoms with van der Waals surface area (Å²) in [7, 11) is 0. The summed E-state index contributed by atoms with van der Waals surface area (Å²) in [4.78, 5) is 18.8. The van der Waals surface area contributed by atoms with Crippen LogP contribution in [0.5, 0.6) is 5.75 Å². The van der Waals surface area contributed by atoms with Crippen molar-refractivity contribution in [3.05, 3.63) is 58.3 Å². The van der Waals surface area contributed by atoms with Gasteiger partial charge in [-0.15, -0.1) is 0 Å². The molecule has 0 aliphatic carbocycles. The molecule has 112 valence electrons. The first-order valence-corrected chi connectivity index (χ1v) is 6.94. The van der Waals surface area contributed by atoms with Crippen molar-refractivity contribution in [3.8, 4) is 5.75 Å². The van der Waals surface area contributed by atoms with E-state index in [9.17, 15) is 4.79 Å². The van der Waals surface area contributed by atoms with Crippen LogP contribution >= 0.6 is 0 Å². The lowest BCUT2D eigenvalue weighted by Crippen LogP contribution is -2.35. The predicted molar refractivity (Wildman–Crippen MR) is 82.2 cm³/mol. The van der Waals surface area contributed by atoms with E-state index in [4.69, 9.17) is 4.74 Å². The average Bonchev–Trinajstić information content (AvgIpc) is 2.43. The summed E-state index contributed by atoms with van der Waals surface area (Å²) < 4.78 is 5.59. The Bertz CT molecular complexity index is 630. The van der Waals surface area contributed by atoms with Crippen LogP contribution in [0, 0.1) is 0 Å². The number of para-hydroxylation sites is 1. The summed E-state index contributed by atoms with van der Waals surface area (Å²) in [6.45, 7) is 6.99. The molecule has 0 saturated heterocycles. The molecular formula is C16H21N3O2. The van der Waals surface area contributed by atoms with Crippen molar-refractivity contribution >= 4 is 0 Å². The van der Waals surface area contributed by atoms with Gasteiger partial charge in [0.1, 0.15) is 18.2 Å². The highest BCUT2D eigenvalue weighted by Gasteiger charge is 2.10. The Kier molecular flexibility index (Phi) is 4.75. The Labute approximate surface area is 124 Å². The lowest BCUT2D eigenvalue weighted by molar-refractivity contribution is 0.294. The summed E-state index contributed by atoms with van der Waals surface area (Å²) in [6, 6.07) is 11.0. The van der Waals surface area contributed by atoms with Crippen molar-refractivity contribution in [1.82, 2.24) is 15.3 Å². The number of hydrogen-bond acceptors (Lipinski definition) is 4. The normalized spacial score (nSPS) is 11.4. The van der Waals surface area contributed by atoms with E-state index in [1.807, 2.05) is 30.3 Å². The highest BCUT2D eigenvalue weighted by atomic mass is 16.5. The molecule has 0 amide bonds. The lowest BCUT2D eigenvalue weighted by atomic mass is 10.1. The number of ether oxygens (including phenoxy) is 1. The summed E-state index contributed by atoms with van der Waals surface area (Å²) in [5.41, 5.74) is 0.521. The maximum Gasteiger partial charge on any atom is 0.251 e. The van der Waals surface area contributed by atoms with Crippen molar-refractivity contribution < 1.29 is 4.74 Å². The number of rotatable bonds is 5. The zero-order valence-electron chi connectivity index (χ0n) is 12.6. The minimum Gasteiger partial charge on any atom is -0.486 e. The Morgan fingerprint density at radius 3 is 2.62 bits per heavy atom. The number of hydrogen-bond donors (Lipinski definition) is 2. The van der Waals surface area contributed by atoms with Gasteiger partial charge in [0.2, 0.25) is 0 Å². The molecule has 5 nitrogen and oxygen atoms in total. The molecule has 0 spiro atoms. The standard InChI is InChI=1S/C16H21N3O2/c1-16(2,3)17-10-12-9-15(20)19-14(18-12)11-21-13-7-5-4-6-8-13/h4-9,17H,10-11H2,1-3H3,(H,18,19,20). The van der Waals surface area contributed by atoms with E-state index in [-0.39, 0.29) is 17.7 Å². The molecule has 0 aliphatic heterocycles. The first-order chi connectivity index (χ1) is 9.92. The molecule has 1 aromatic heterocycles. The molecule has 2 N–H and O–H groups in total. The monoisotopic (exact) mass is 287 g/mol. The van der Waals surface area contributed by atoms with E-state index in [0.29, 0.717) is 18.1 Å². The number of nitrogens with one attached hydrogen (secondary N) is 2. The van der Waals surface area contributed by atoms with Crippen LogP contribution < -0.4 is 15.6 Å². The van der Waals surface area contributed by atoms with Gasteiger partial charge in [0.15, 0.2) is 0 Å². The molecule has 1 aromatic carbocycles. The SMILES string of the molecule is CC(C)(C)NCc1cc(=O)[nH]c(COc2ccccc2)n1. The molecule has 1 heterocycles. The Morgan fingerprint density at radius 2 is 1.95 bits per heavy atom. The second kappa shape index (κ2) is 6.54. The van der Waals surface area contributed by atoms with E-state index in [0.717, 1.165) is 5.75 Å². The zero-order valence-corrected chi connectivity index (χ0v) is 12.6. The quantitative estimate of drug-likeness (QED) is 0.885. The smallest absolute Gasteiger partial charge is 0.251 e. The van der Waals surface area contributed by atoms with Crippen molar-refractivity contribution in [3.63, 3.8) is 0 Å². The minimum atomic E-state index is -0.164. The van der Waals surface area contributed by atoms with Crippen LogP contribution in [0.3, 0.4) is 0 Å². The second-order valence-corrected chi connectivity index (χ2v) is 5.89. The van der Waals surface area contributed by atoms with Crippen LogP contribution in [-0.2, 0) is 13.2 Å². The van der Waals surface area contributed by atoms with Gasteiger partial charge in [0, 0.05) is 18.2 Å². The summed E-state index contributed by atoms with van der Waals surface area (Å²) in [5, 5.41) is 3.31. The van der Waals surface area contributed by atoms with Crippen molar-refractivity contribution in [2.75, 3.05) is 0 Å². The third kappa shape index (κ3) is 5.39. The molecule has 2 rings (SSSR count). The fourth-order valence-corrected chi connectivity index (χ4v) is 1.75. The van der Waals surface area contributed by atoms with E-state index in [2.05, 4.69) is 36.1 Å². The van der Waals surface area contributed by atoms with Gasteiger partial charge in [-0.1, -0.05) is 18.2 Å². The molecule has 2 aromatic rings. The van der Waals surface area contributed by atoms with Gasteiger partial charge < -0.3 is 15.0 Å². The van der Waals surface area contributed by atoms with Gasteiger partial charge in [-0.05, 0) is 32.9 Å². The van der Waals surface area contributed by atoms with E-state index >= 15 is 0 Å². The van der Waals surface area contributed by atoms with Gasteiger partial charge in [0.25, 0.3) is 5.56 Å². The molecule has 0 fully saturated rings. The number of aromatic amines is 1. The fraction of sp³-hybridized carbons (Fsp3) is 0.375. The van der Waals surface area contributed by atoms with Crippen LogP contribution in [0.2, 0.25) is 0 Å². The molecule has 0 saturated carbocycles. The summed E-state index contributed by atoms with van der Waals surface area (Å²) in [6.07, 6.45) is 0. The number of benzene rings is 1. The maximum atomic E-state index is 11.7. The third-order valence-corrected chi connectivity index (χ3v) is 2.76. The molecule has 0 bridgehead atoms. The topological polar surface area (TPSA) is 67.0 Å². The van der Waals surface area contributed by atoms with Crippen molar-refractivity contribution in [2.45, 2.75) is 39.5 Å². The predicted octanol–water partition coefficient (Wildman–Crippen LogP) is 2.24. The minimum absolute atomic E-state index is 0.0228. The number of nitrogens with zero attached hydrogens (tertiary/aromatic N) is 1.